The topological polar surface area (TPSA) is 55.1 Å². The molecular weight excluding hydrogens is 216 g/mol. The van der Waals surface area contributed by atoms with Crippen molar-refractivity contribution < 1.29 is 9.90 Å². The van der Waals surface area contributed by atoms with Gasteiger partial charge in [-0.15, -0.1) is 12.4 Å². The van der Waals surface area contributed by atoms with E-state index in [1.165, 1.54) is 0 Å². The molecule has 0 fully saturated rings. The first kappa shape index (κ1) is 11.3. The minimum absolute atomic E-state index is 0. The summed E-state index contributed by atoms with van der Waals surface area (Å²) >= 11 is 0. The summed E-state index contributed by atoms with van der Waals surface area (Å²) in [5, 5.41) is 12.7. The lowest BCUT2D eigenvalue weighted by Gasteiger charge is -2.00. The third-order valence-electron chi connectivity index (χ3n) is 1.88. The third kappa shape index (κ3) is 2.35. The monoisotopic (exact) mass is 224 g/mol. The zero-order valence-corrected chi connectivity index (χ0v) is 8.52. The van der Waals surface area contributed by atoms with E-state index in [9.17, 15) is 4.79 Å². The van der Waals surface area contributed by atoms with Crippen LogP contribution in [0.5, 0.6) is 0 Å². The molecule has 0 atom stereocenters. The fourth-order valence-corrected chi connectivity index (χ4v) is 1.18. The zero-order valence-electron chi connectivity index (χ0n) is 7.70. The molecule has 0 spiro atoms. The summed E-state index contributed by atoms with van der Waals surface area (Å²) in [5.41, 5.74) is 1.13. The third-order valence-corrected chi connectivity index (χ3v) is 1.88. The van der Waals surface area contributed by atoms with Crippen LogP contribution in [0.15, 0.2) is 42.7 Å². The summed E-state index contributed by atoms with van der Waals surface area (Å²) in [6.45, 7) is 0. The molecule has 1 N–H and O–H groups in total. The van der Waals surface area contributed by atoms with Crippen molar-refractivity contribution in [2.75, 3.05) is 0 Å². The average Bonchev–Trinajstić information content (AvgIpc) is 2.71. The van der Waals surface area contributed by atoms with Gasteiger partial charge in [0, 0.05) is 12.4 Å². The van der Waals surface area contributed by atoms with E-state index >= 15 is 0 Å². The summed E-state index contributed by atoms with van der Waals surface area (Å²) in [7, 11) is 0. The maximum Gasteiger partial charge on any atom is 0.335 e. The summed E-state index contributed by atoms with van der Waals surface area (Å²) in [5.74, 6) is -0.919. The summed E-state index contributed by atoms with van der Waals surface area (Å²) in [6.07, 6.45) is 3.47. The van der Waals surface area contributed by atoms with E-state index in [4.69, 9.17) is 5.11 Å². The van der Waals surface area contributed by atoms with Crippen LogP contribution < -0.4 is 0 Å². The van der Waals surface area contributed by atoms with Crippen molar-refractivity contribution in [1.82, 2.24) is 9.78 Å². The Morgan fingerprint density at radius 2 is 1.93 bits per heavy atom. The van der Waals surface area contributed by atoms with Crippen LogP contribution in [0.2, 0.25) is 0 Å². The lowest BCUT2D eigenvalue weighted by Crippen LogP contribution is -1.98. The van der Waals surface area contributed by atoms with Crippen LogP contribution in [-0.4, -0.2) is 20.9 Å². The van der Waals surface area contributed by atoms with Crippen LogP contribution in [0.3, 0.4) is 0 Å². The number of hydrogen-bond acceptors (Lipinski definition) is 2. The number of hydrogen-bond donors (Lipinski definition) is 1. The highest BCUT2D eigenvalue weighted by molar-refractivity contribution is 5.87. The summed E-state index contributed by atoms with van der Waals surface area (Å²) < 4.78 is 1.67. The van der Waals surface area contributed by atoms with Gasteiger partial charge in [0.15, 0.2) is 0 Å². The van der Waals surface area contributed by atoms with Gasteiger partial charge in [0.25, 0.3) is 0 Å². The molecule has 1 aromatic carbocycles. The lowest BCUT2D eigenvalue weighted by molar-refractivity contribution is 0.0697. The highest BCUT2D eigenvalue weighted by atomic mass is 35.5. The van der Waals surface area contributed by atoms with Crippen molar-refractivity contribution in [3.05, 3.63) is 48.3 Å². The molecule has 1 aromatic heterocycles. The van der Waals surface area contributed by atoms with Gasteiger partial charge in [-0.25, -0.2) is 9.48 Å². The Bertz CT molecular complexity index is 437. The quantitative estimate of drug-likeness (QED) is 0.849. The first-order chi connectivity index (χ1) is 6.77. The Labute approximate surface area is 92.6 Å². The molecule has 15 heavy (non-hydrogen) atoms. The Morgan fingerprint density at radius 3 is 2.40 bits per heavy atom. The second kappa shape index (κ2) is 4.61. The molecular formula is C10H9ClN2O2. The van der Waals surface area contributed by atoms with Gasteiger partial charge in [-0.3, -0.25) is 0 Å². The number of carbonyl (C=O) groups is 1. The second-order valence-corrected chi connectivity index (χ2v) is 2.80. The highest BCUT2D eigenvalue weighted by Gasteiger charge is 2.02. The van der Waals surface area contributed by atoms with Gasteiger partial charge in [0.1, 0.15) is 0 Å². The fourth-order valence-electron chi connectivity index (χ4n) is 1.18. The summed E-state index contributed by atoms with van der Waals surface area (Å²) in [6, 6.07) is 8.36. The van der Waals surface area contributed by atoms with Crippen molar-refractivity contribution in [1.29, 1.82) is 0 Å². The molecule has 0 aliphatic carbocycles. The van der Waals surface area contributed by atoms with Crippen LogP contribution in [0, 0.1) is 0 Å². The number of nitrogens with zero attached hydrogens (tertiary/aromatic N) is 2. The van der Waals surface area contributed by atoms with Crippen LogP contribution in [-0.2, 0) is 0 Å². The van der Waals surface area contributed by atoms with Crippen LogP contribution in [0.4, 0.5) is 0 Å². The van der Waals surface area contributed by atoms with E-state index in [1.54, 1.807) is 41.3 Å². The van der Waals surface area contributed by atoms with E-state index in [0.29, 0.717) is 0 Å². The Morgan fingerprint density at radius 1 is 1.27 bits per heavy atom. The molecule has 0 aliphatic rings. The maximum absolute atomic E-state index is 10.6. The van der Waals surface area contributed by atoms with Gasteiger partial charge in [0.2, 0.25) is 0 Å². The first-order valence-electron chi connectivity index (χ1n) is 4.11. The molecule has 78 valence electrons. The van der Waals surface area contributed by atoms with E-state index in [-0.39, 0.29) is 18.0 Å². The molecule has 0 bridgehead atoms. The normalized spacial score (nSPS) is 9.33. The van der Waals surface area contributed by atoms with Gasteiger partial charge in [0.05, 0.1) is 11.3 Å². The average molecular weight is 225 g/mol. The predicted molar refractivity (Wildman–Crippen MR) is 57.8 cm³/mol. The number of halogens is 1. The van der Waals surface area contributed by atoms with E-state index in [2.05, 4.69) is 5.10 Å². The van der Waals surface area contributed by atoms with Gasteiger partial charge in [-0.05, 0) is 30.3 Å². The van der Waals surface area contributed by atoms with Gasteiger partial charge >= 0.3 is 5.97 Å². The predicted octanol–water partition coefficient (Wildman–Crippen LogP) is 1.99. The van der Waals surface area contributed by atoms with Gasteiger partial charge in [-0.2, -0.15) is 5.10 Å². The highest BCUT2D eigenvalue weighted by Crippen LogP contribution is 2.08. The molecule has 0 amide bonds. The minimum atomic E-state index is -0.919. The largest absolute Gasteiger partial charge is 0.478 e. The van der Waals surface area contributed by atoms with Crippen LogP contribution in [0.25, 0.3) is 5.69 Å². The SMILES string of the molecule is Cl.O=C(O)c1ccc(-n2cccn2)cc1. The second-order valence-electron chi connectivity index (χ2n) is 2.80. The minimum Gasteiger partial charge on any atom is -0.478 e. The van der Waals surface area contributed by atoms with E-state index < -0.39 is 5.97 Å². The molecule has 0 saturated heterocycles. The van der Waals surface area contributed by atoms with Crippen molar-refractivity contribution in [3.63, 3.8) is 0 Å². The molecule has 0 aliphatic heterocycles. The lowest BCUT2D eigenvalue weighted by atomic mass is 10.2. The van der Waals surface area contributed by atoms with Gasteiger partial charge < -0.3 is 5.11 Å². The molecule has 0 unspecified atom stereocenters. The van der Waals surface area contributed by atoms with Crippen molar-refractivity contribution in [2.45, 2.75) is 0 Å². The molecule has 5 heteroatoms. The van der Waals surface area contributed by atoms with Crippen LogP contribution in [0.1, 0.15) is 10.4 Å². The number of aromatic carboxylic acids is 1. The maximum atomic E-state index is 10.6. The molecule has 2 aromatic rings. The van der Waals surface area contributed by atoms with Gasteiger partial charge in [-0.1, -0.05) is 0 Å². The zero-order chi connectivity index (χ0) is 9.97. The van der Waals surface area contributed by atoms with E-state index in [1.807, 2.05) is 6.07 Å². The van der Waals surface area contributed by atoms with E-state index in [0.717, 1.165) is 5.69 Å². The Hall–Kier alpha value is -1.81. The summed E-state index contributed by atoms with van der Waals surface area (Å²) in [4.78, 5) is 10.6. The smallest absolute Gasteiger partial charge is 0.335 e. The fraction of sp³-hybridized carbons (Fsp3) is 0. The molecule has 4 nitrogen and oxygen atoms in total. The number of rotatable bonds is 2. The number of carboxylic acids is 1. The first-order valence-corrected chi connectivity index (χ1v) is 4.11. The molecule has 0 radical (unpaired) electrons. The standard InChI is InChI=1S/C10H8N2O2.ClH/c13-10(14)8-2-4-9(5-3-8)12-7-1-6-11-12;/h1-7H,(H,13,14);1H. The van der Waals surface area contributed by atoms with Crippen molar-refractivity contribution in [3.8, 4) is 5.69 Å². The number of aromatic nitrogens is 2. The van der Waals surface area contributed by atoms with Crippen molar-refractivity contribution in [2.24, 2.45) is 0 Å². The number of benzene rings is 1. The molecule has 0 saturated carbocycles. The van der Waals surface area contributed by atoms with Crippen LogP contribution >= 0.6 is 12.4 Å². The molecule has 2 rings (SSSR count). The number of carboxylic acid groups (broad SMARTS) is 1. The van der Waals surface area contributed by atoms with Crippen molar-refractivity contribution >= 4 is 18.4 Å². The Balaban J connectivity index is 0.00000112. The Kier molecular flexibility index (Phi) is 3.46. The molecule has 1 heterocycles.